The molecule has 3 N–H and O–H groups in total. The first-order valence-electron chi connectivity index (χ1n) is 6.26. The fourth-order valence-corrected chi connectivity index (χ4v) is 1.52. The van der Waals surface area contributed by atoms with E-state index in [-0.39, 0.29) is 0 Å². The Bertz CT molecular complexity index is 325. The zero-order valence-corrected chi connectivity index (χ0v) is 11.1. The standard InChI is InChI=1S/C13H24N4/c1-11(2)17(3)10-5-4-8-15-13-12(14)7-6-9-16-13/h6-7,9,11H,4-5,8,10,14H2,1-3H3,(H,15,16). The van der Waals surface area contributed by atoms with Crippen LogP contribution in [-0.4, -0.2) is 36.1 Å². The fourth-order valence-electron chi connectivity index (χ4n) is 1.52. The molecule has 0 unspecified atom stereocenters. The highest BCUT2D eigenvalue weighted by Crippen LogP contribution is 2.12. The Kier molecular flexibility index (Phi) is 5.77. The zero-order chi connectivity index (χ0) is 12.7. The van der Waals surface area contributed by atoms with Gasteiger partial charge in [-0.2, -0.15) is 0 Å². The summed E-state index contributed by atoms with van der Waals surface area (Å²) in [5.74, 6) is 0.796. The lowest BCUT2D eigenvalue weighted by Gasteiger charge is -2.20. The number of unbranched alkanes of at least 4 members (excludes halogenated alkanes) is 1. The van der Waals surface area contributed by atoms with E-state index in [1.807, 2.05) is 12.1 Å². The highest BCUT2D eigenvalue weighted by molar-refractivity contribution is 5.60. The second-order valence-electron chi connectivity index (χ2n) is 4.65. The van der Waals surface area contributed by atoms with Gasteiger partial charge in [0.05, 0.1) is 5.69 Å². The number of aromatic nitrogens is 1. The lowest BCUT2D eigenvalue weighted by atomic mass is 10.2. The minimum atomic E-state index is 0.620. The number of hydrogen-bond acceptors (Lipinski definition) is 4. The third-order valence-corrected chi connectivity index (χ3v) is 2.95. The van der Waals surface area contributed by atoms with Crippen LogP contribution in [0, 0.1) is 0 Å². The van der Waals surface area contributed by atoms with Gasteiger partial charge in [0.25, 0.3) is 0 Å². The van der Waals surface area contributed by atoms with Crippen molar-refractivity contribution in [3.05, 3.63) is 18.3 Å². The lowest BCUT2D eigenvalue weighted by Crippen LogP contribution is -2.27. The number of rotatable bonds is 7. The predicted octanol–water partition coefficient (Wildman–Crippen LogP) is 2.20. The van der Waals surface area contributed by atoms with Crippen LogP contribution in [0.3, 0.4) is 0 Å². The van der Waals surface area contributed by atoms with Crippen LogP contribution < -0.4 is 11.1 Å². The molecule has 0 atom stereocenters. The molecule has 1 aromatic heterocycles. The molecule has 96 valence electrons. The van der Waals surface area contributed by atoms with Gasteiger partial charge in [-0.1, -0.05) is 0 Å². The van der Waals surface area contributed by atoms with E-state index in [9.17, 15) is 0 Å². The molecule has 0 bridgehead atoms. The molecular weight excluding hydrogens is 212 g/mol. The van der Waals surface area contributed by atoms with Crippen molar-refractivity contribution in [3.63, 3.8) is 0 Å². The average Bonchev–Trinajstić information content (AvgIpc) is 2.30. The first kappa shape index (κ1) is 13.8. The van der Waals surface area contributed by atoms with E-state index in [0.29, 0.717) is 11.7 Å². The summed E-state index contributed by atoms with van der Waals surface area (Å²) >= 11 is 0. The van der Waals surface area contributed by atoms with E-state index >= 15 is 0 Å². The highest BCUT2D eigenvalue weighted by atomic mass is 15.1. The summed E-state index contributed by atoms with van der Waals surface area (Å²) in [7, 11) is 2.16. The number of nitrogen functional groups attached to an aromatic ring is 1. The van der Waals surface area contributed by atoms with Crippen molar-refractivity contribution in [2.24, 2.45) is 0 Å². The molecule has 17 heavy (non-hydrogen) atoms. The van der Waals surface area contributed by atoms with E-state index in [0.717, 1.165) is 25.3 Å². The molecule has 0 aliphatic heterocycles. The maximum absolute atomic E-state index is 5.79. The normalized spacial score (nSPS) is 11.1. The number of pyridine rings is 1. The van der Waals surface area contributed by atoms with Gasteiger partial charge in [-0.15, -0.1) is 0 Å². The highest BCUT2D eigenvalue weighted by Gasteiger charge is 2.02. The summed E-state index contributed by atoms with van der Waals surface area (Å²) < 4.78 is 0. The van der Waals surface area contributed by atoms with Crippen molar-refractivity contribution in [3.8, 4) is 0 Å². The first-order chi connectivity index (χ1) is 8.11. The van der Waals surface area contributed by atoms with Crippen molar-refractivity contribution < 1.29 is 0 Å². The van der Waals surface area contributed by atoms with Gasteiger partial charge < -0.3 is 16.0 Å². The second-order valence-corrected chi connectivity index (χ2v) is 4.65. The van der Waals surface area contributed by atoms with Gasteiger partial charge in [-0.3, -0.25) is 0 Å². The molecule has 0 amide bonds. The summed E-state index contributed by atoms with van der Waals surface area (Å²) in [5, 5.41) is 3.26. The maximum Gasteiger partial charge on any atom is 0.149 e. The van der Waals surface area contributed by atoms with Crippen LogP contribution in [-0.2, 0) is 0 Å². The molecule has 4 heteroatoms. The van der Waals surface area contributed by atoms with Crippen LogP contribution in [0.15, 0.2) is 18.3 Å². The Labute approximate surface area is 104 Å². The van der Waals surface area contributed by atoms with Gasteiger partial charge in [-0.05, 0) is 52.4 Å². The Morgan fingerprint density at radius 2 is 2.18 bits per heavy atom. The lowest BCUT2D eigenvalue weighted by molar-refractivity contribution is 0.269. The largest absolute Gasteiger partial charge is 0.396 e. The number of nitrogens with two attached hydrogens (primary N) is 1. The smallest absolute Gasteiger partial charge is 0.149 e. The van der Waals surface area contributed by atoms with Crippen LogP contribution >= 0.6 is 0 Å². The molecule has 0 saturated heterocycles. The monoisotopic (exact) mass is 236 g/mol. The van der Waals surface area contributed by atoms with Crippen LogP contribution in [0.5, 0.6) is 0 Å². The van der Waals surface area contributed by atoms with Crippen molar-refractivity contribution in [2.45, 2.75) is 32.7 Å². The third-order valence-electron chi connectivity index (χ3n) is 2.95. The second kappa shape index (κ2) is 7.12. The summed E-state index contributed by atoms with van der Waals surface area (Å²) in [6.07, 6.45) is 4.08. The molecule has 0 fully saturated rings. The summed E-state index contributed by atoms with van der Waals surface area (Å²) in [6, 6.07) is 4.33. The summed E-state index contributed by atoms with van der Waals surface area (Å²) in [5.41, 5.74) is 6.50. The van der Waals surface area contributed by atoms with E-state index < -0.39 is 0 Å². The third kappa shape index (κ3) is 5.04. The van der Waals surface area contributed by atoms with Crippen LogP contribution in [0.1, 0.15) is 26.7 Å². The molecule has 0 aliphatic carbocycles. The number of nitrogens with zero attached hydrogens (tertiary/aromatic N) is 2. The molecule has 4 nitrogen and oxygen atoms in total. The quantitative estimate of drug-likeness (QED) is 0.713. The van der Waals surface area contributed by atoms with E-state index in [1.165, 1.54) is 6.42 Å². The fraction of sp³-hybridized carbons (Fsp3) is 0.615. The summed E-state index contributed by atoms with van der Waals surface area (Å²) in [4.78, 5) is 6.55. The van der Waals surface area contributed by atoms with Gasteiger partial charge in [-0.25, -0.2) is 4.98 Å². The first-order valence-corrected chi connectivity index (χ1v) is 6.26. The maximum atomic E-state index is 5.79. The SMILES string of the molecule is CC(C)N(C)CCCCNc1ncccc1N. The average molecular weight is 236 g/mol. The van der Waals surface area contributed by atoms with Crippen LogP contribution in [0.25, 0.3) is 0 Å². The molecule has 0 radical (unpaired) electrons. The van der Waals surface area contributed by atoms with Crippen molar-refractivity contribution in [1.82, 2.24) is 9.88 Å². The van der Waals surface area contributed by atoms with E-state index in [1.54, 1.807) is 6.20 Å². The van der Waals surface area contributed by atoms with Crippen LogP contribution in [0.2, 0.25) is 0 Å². The molecule has 0 saturated carbocycles. The van der Waals surface area contributed by atoms with Gasteiger partial charge >= 0.3 is 0 Å². The Balaban J connectivity index is 2.15. The minimum absolute atomic E-state index is 0.620. The minimum Gasteiger partial charge on any atom is -0.396 e. The van der Waals surface area contributed by atoms with Gasteiger partial charge in [0.15, 0.2) is 0 Å². The van der Waals surface area contributed by atoms with Crippen molar-refractivity contribution in [2.75, 3.05) is 31.2 Å². The van der Waals surface area contributed by atoms with Gasteiger partial charge in [0.2, 0.25) is 0 Å². The molecule has 1 heterocycles. The Morgan fingerprint density at radius 1 is 1.41 bits per heavy atom. The zero-order valence-electron chi connectivity index (χ0n) is 11.1. The molecule has 0 aromatic carbocycles. The van der Waals surface area contributed by atoms with Gasteiger partial charge in [0.1, 0.15) is 5.82 Å². The number of anilines is 2. The Hall–Kier alpha value is -1.29. The van der Waals surface area contributed by atoms with E-state index in [4.69, 9.17) is 5.73 Å². The topological polar surface area (TPSA) is 54.2 Å². The molecular formula is C13H24N4. The molecule has 1 rings (SSSR count). The molecule has 1 aromatic rings. The van der Waals surface area contributed by atoms with Crippen molar-refractivity contribution >= 4 is 11.5 Å². The van der Waals surface area contributed by atoms with Crippen molar-refractivity contribution in [1.29, 1.82) is 0 Å². The van der Waals surface area contributed by atoms with Gasteiger partial charge in [0, 0.05) is 18.8 Å². The number of hydrogen-bond donors (Lipinski definition) is 2. The molecule has 0 spiro atoms. The predicted molar refractivity (Wildman–Crippen MR) is 74.1 cm³/mol. The number of nitrogens with one attached hydrogen (secondary N) is 1. The van der Waals surface area contributed by atoms with E-state index in [2.05, 4.69) is 36.1 Å². The summed E-state index contributed by atoms with van der Waals surface area (Å²) in [6.45, 7) is 6.49. The van der Waals surface area contributed by atoms with Crippen LogP contribution in [0.4, 0.5) is 11.5 Å². The molecule has 0 aliphatic rings. The Morgan fingerprint density at radius 3 is 2.82 bits per heavy atom.